The molecule has 1 amide bonds. The van der Waals surface area contributed by atoms with Crippen LogP contribution in [0.4, 0.5) is 0 Å². The lowest BCUT2D eigenvalue weighted by Gasteiger charge is -2.23. The molecule has 1 saturated heterocycles. The number of amides is 1. The van der Waals surface area contributed by atoms with E-state index in [0.29, 0.717) is 0 Å². The van der Waals surface area contributed by atoms with Gasteiger partial charge in [0.2, 0.25) is 0 Å². The van der Waals surface area contributed by atoms with Crippen molar-refractivity contribution in [2.24, 2.45) is 0 Å². The Morgan fingerprint density at radius 2 is 2.06 bits per heavy atom. The van der Waals surface area contributed by atoms with Crippen molar-refractivity contribution >= 4 is 5.91 Å². The van der Waals surface area contributed by atoms with E-state index < -0.39 is 0 Å². The van der Waals surface area contributed by atoms with Crippen molar-refractivity contribution in [1.29, 1.82) is 0 Å². The van der Waals surface area contributed by atoms with E-state index in [0.717, 1.165) is 45.4 Å². The highest BCUT2D eigenvalue weighted by atomic mass is 16.5. The van der Waals surface area contributed by atoms with Crippen LogP contribution >= 0.6 is 0 Å². The number of rotatable bonds is 1. The van der Waals surface area contributed by atoms with Crippen molar-refractivity contribution < 1.29 is 9.53 Å². The fourth-order valence-corrected chi connectivity index (χ4v) is 2.86. The van der Waals surface area contributed by atoms with E-state index >= 15 is 0 Å². The third-order valence-corrected chi connectivity index (χ3v) is 3.87. The second kappa shape index (κ2) is 5.11. The SMILES string of the molecule is O=C([C@H]1CCCO1)N1CCCc2ccccc2C1. The van der Waals surface area contributed by atoms with Gasteiger partial charge in [-0.1, -0.05) is 24.3 Å². The Morgan fingerprint density at radius 3 is 2.83 bits per heavy atom. The van der Waals surface area contributed by atoms with Crippen molar-refractivity contribution in [3.8, 4) is 0 Å². The van der Waals surface area contributed by atoms with E-state index in [-0.39, 0.29) is 12.0 Å². The summed E-state index contributed by atoms with van der Waals surface area (Å²) < 4.78 is 5.51. The summed E-state index contributed by atoms with van der Waals surface area (Å²) in [5.41, 5.74) is 2.68. The first-order valence-corrected chi connectivity index (χ1v) is 6.82. The first kappa shape index (κ1) is 11.7. The predicted octanol–water partition coefficient (Wildman–Crippen LogP) is 2.14. The van der Waals surface area contributed by atoms with E-state index in [1.165, 1.54) is 11.1 Å². The molecule has 1 aromatic carbocycles. The highest BCUT2D eigenvalue weighted by Gasteiger charge is 2.29. The second-order valence-corrected chi connectivity index (χ2v) is 5.13. The van der Waals surface area contributed by atoms with Gasteiger partial charge in [0.25, 0.3) is 5.91 Å². The number of nitrogens with zero attached hydrogens (tertiary/aromatic N) is 1. The van der Waals surface area contributed by atoms with Crippen LogP contribution in [-0.4, -0.2) is 30.1 Å². The number of benzene rings is 1. The Labute approximate surface area is 108 Å². The molecule has 1 fully saturated rings. The standard InChI is InChI=1S/C15H19NO2/c17-15(14-8-4-10-18-14)16-9-3-7-12-5-1-2-6-13(12)11-16/h1-2,5-6,14H,3-4,7-11H2/t14-/m1/s1. The molecule has 0 unspecified atom stereocenters. The van der Waals surface area contributed by atoms with Crippen molar-refractivity contribution in [2.45, 2.75) is 38.3 Å². The summed E-state index contributed by atoms with van der Waals surface area (Å²) in [6.45, 7) is 2.34. The zero-order valence-corrected chi connectivity index (χ0v) is 10.6. The molecule has 2 aliphatic rings. The summed E-state index contributed by atoms with van der Waals surface area (Å²) in [4.78, 5) is 14.3. The van der Waals surface area contributed by atoms with Crippen LogP contribution in [0.5, 0.6) is 0 Å². The largest absolute Gasteiger partial charge is 0.368 e. The van der Waals surface area contributed by atoms with Gasteiger partial charge in [-0.25, -0.2) is 0 Å². The van der Waals surface area contributed by atoms with Gasteiger partial charge < -0.3 is 9.64 Å². The molecule has 1 aromatic rings. The molecule has 0 spiro atoms. The van der Waals surface area contributed by atoms with Crippen molar-refractivity contribution in [1.82, 2.24) is 4.90 Å². The van der Waals surface area contributed by atoms with E-state index in [9.17, 15) is 4.79 Å². The Balaban J connectivity index is 1.76. The molecule has 0 N–H and O–H groups in total. The Kier molecular flexibility index (Phi) is 3.33. The van der Waals surface area contributed by atoms with Gasteiger partial charge in [-0.2, -0.15) is 0 Å². The molecule has 96 valence electrons. The van der Waals surface area contributed by atoms with Crippen LogP contribution < -0.4 is 0 Å². The molecular weight excluding hydrogens is 226 g/mol. The number of carbonyl (C=O) groups excluding carboxylic acids is 1. The lowest BCUT2D eigenvalue weighted by atomic mass is 10.0. The van der Waals surface area contributed by atoms with Crippen molar-refractivity contribution in [2.75, 3.05) is 13.2 Å². The molecule has 2 aliphatic heterocycles. The number of aryl methyl sites for hydroxylation is 1. The van der Waals surface area contributed by atoms with Gasteiger partial charge in [-0.05, 0) is 36.8 Å². The summed E-state index contributed by atoms with van der Waals surface area (Å²) in [6.07, 6.45) is 3.84. The minimum atomic E-state index is -0.185. The highest BCUT2D eigenvalue weighted by molar-refractivity contribution is 5.81. The topological polar surface area (TPSA) is 29.5 Å². The molecule has 1 atom stereocenters. The molecule has 18 heavy (non-hydrogen) atoms. The molecule has 0 saturated carbocycles. The third kappa shape index (κ3) is 2.27. The average Bonchev–Trinajstić information content (AvgIpc) is 2.84. The van der Waals surface area contributed by atoms with Crippen molar-refractivity contribution in [3.63, 3.8) is 0 Å². The number of fused-ring (bicyclic) bond motifs is 1. The lowest BCUT2D eigenvalue weighted by molar-refractivity contribution is -0.141. The maximum absolute atomic E-state index is 12.4. The molecular formula is C15H19NO2. The molecule has 0 bridgehead atoms. The van der Waals surface area contributed by atoms with Gasteiger partial charge >= 0.3 is 0 Å². The summed E-state index contributed by atoms with van der Waals surface area (Å²) in [7, 11) is 0. The van der Waals surface area contributed by atoms with Crippen LogP contribution in [0, 0.1) is 0 Å². The van der Waals surface area contributed by atoms with Crippen molar-refractivity contribution in [3.05, 3.63) is 35.4 Å². The molecule has 2 heterocycles. The summed E-state index contributed by atoms with van der Waals surface area (Å²) in [5.74, 6) is 0.184. The van der Waals surface area contributed by atoms with Gasteiger partial charge in [0.1, 0.15) is 6.10 Å². The van der Waals surface area contributed by atoms with Crippen LogP contribution in [0.2, 0.25) is 0 Å². The van der Waals surface area contributed by atoms with E-state index in [4.69, 9.17) is 4.74 Å². The Hall–Kier alpha value is -1.35. The summed E-state index contributed by atoms with van der Waals surface area (Å²) in [6, 6.07) is 8.45. The minimum absolute atomic E-state index is 0.184. The molecule has 0 aliphatic carbocycles. The quantitative estimate of drug-likeness (QED) is 0.758. The van der Waals surface area contributed by atoms with Crippen LogP contribution in [0.1, 0.15) is 30.4 Å². The number of ether oxygens (including phenoxy) is 1. The maximum Gasteiger partial charge on any atom is 0.251 e. The number of hydrogen-bond donors (Lipinski definition) is 0. The molecule has 0 radical (unpaired) electrons. The van der Waals surface area contributed by atoms with E-state index in [2.05, 4.69) is 24.3 Å². The Bertz CT molecular complexity index is 438. The van der Waals surface area contributed by atoms with E-state index in [1.54, 1.807) is 0 Å². The van der Waals surface area contributed by atoms with Crippen LogP contribution in [0.25, 0.3) is 0 Å². The predicted molar refractivity (Wildman–Crippen MR) is 69.2 cm³/mol. The normalized spacial score (nSPS) is 23.6. The lowest BCUT2D eigenvalue weighted by Crippen LogP contribution is -2.38. The van der Waals surface area contributed by atoms with Gasteiger partial charge in [0.05, 0.1) is 0 Å². The van der Waals surface area contributed by atoms with Gasteiger partial charge in [0.15, 0.2) is 0 Å². The first-order chi connectivity index (χ1) is 8.84. The third-order valence-electron chi connectivity index (χ3n) is 3.87. The number of hydrogen-bond acceptors (Lipinski definition) is 2. The molecule has 3 heteroatoms. The molecule has 0 aromatic heterocycles. The zero-order chi connectivity index (χ0) is 12.4. The fraction of sp³-hybridized carbons (Fsp3) is 0.533. The fourth-order valence-electron chi connectivity index (χ4n) is 2.86. The minimum Gasteiger partial charge on any atom is -0.368 e. The smallest absolute Gasteiger partial charge is 0.251 e. The van der Waals surface area contributed by atoms with Gasteiger partial charge in [-0.3, -0.25) is 4.79 Å². The first-order valence-electron chi connectivity index (χ1n) is 6.82. The van der Waals surface area contributed by atoms with Crippen LogP contribution in [0.15, 0.2) is 24.3 Å². The highest BCUT2D eigenvalue weighted by Crippen LogP contribution is 2.21. The maximum atomic E-state index is 12.4. The van der Waals surface area contributed by atoms with Crippen LogP contribution in [0.3, 0.4) is 0 Å². The molecule has 3 nitrogen and oxygen atoms in total. The van der Waals surface area contributed by atoms with E-state index in [1.807, 2.05) is 4.90 Å². The molecule has 3 rings (SSSR count). The van der Waals surface area contributed by atoms with Crippen LogP contribution in [-0.2, 0) is 22.5 Å². The average molecular weight is 245 g/mol. The Morgan fingerprint density at radius 1 is 1.22 bits per heavy atom. The monoisotopic (exact) mass is 245 g/mol. The van der Waals surface area contributed by atoms with Gasteiger partial charge in [0, 0.05) is 19.7 Å². The zero-order valence-electron chi connectivity index (χ0n) is 10.6. The summed E-state index contributed by atoms with van der Waals surface area (Å²) >= 11 is 0. The number of carbonyl (C=O) groups is 1. The van der Waals surface area contributed by atoms with Gasteiger partial charge in [-0.15, -0.1) is 0 Å². The summed E-state index contributed by atoms with van der Waals surface area (Å²) in [5, 5.41) is 0. The second-order valence-electron chi connectivity index (χ2n) is 5.13.